The van der Waals surface area contributed by atoms with Crippen LogP contribution < -0.4 is 5.32 Å². The van der Waals surface area contributed by atoms with Crippen LogP contribution in [0.2, 0.25) is 0 Å². The van der Waals surface area contributed by atoms with E-state index >= 15 is 0 Å². The van der Waals surface area contributed by atoms with Crippen LogP contribution in [0.4, 0.5) is 4.39 Å². The third kappa shape index (κ3) is 2.09. The number of hydrogen-bond donors (Lipinski definition) is 1. The first-order valence-corrected chi connectivity index (χ1v) is 6.37. The second kappa shape index (κ2) is 4.39. The van der Waals surface area contributed by atoms with Gasteiger partial charge in [0.1, 0.15) is 5.82 Å². The Morgan fingerprint density at radius 2 is 2.29 bits per heavy atom. The summed E-state index contributed by atoms with van der Waals surface area (Å²) in [5.74, 6) is -0.138. The zero-order valence-corrected chi connectivity index (χ0v) is 9.92. The summed E-state index contributed by atoms with van der Waals surface area (Å²) in [6.07, 6.45) is 3.69. The van der Waals surface area contributed by atoms with E-state index in [0.29, 0.717) is 6.10 Å². The van der Waals surface area contributed by atoms with Crippen molar-refractivity contribution in [3.63, 3.8) is 0 Å². The Morgan fingerprint density at radius 3 is 2.88 bits per heavy atom. The fraction of sp³-hybridized carbons (Fsp3) is 0.571. The molecule has 0 saturated carbocycles. The molecule has 0 aliphatic carbocycles. The van der Waals surface area contributed by atoms with E-state index < -0.39 is 0 Å². The Morgan fingerprint density at radius 1 is 1.41 bits per heavy atom. The average Bonchev–Trinajstić information content (AvgIpc) is 2.76. The Labute approximate surface area is 101 Å². The molecule has 1 N–H and O–H groups in total. The van der Waals surface area contributed by atoms with Crippen LogP contribution in [0.25, 0.3) is 0 Å². The predicted molar refractivity (Wildman–Crippen MR) is 64.5 cm³/mol. The van der Waals surface area contributed by atoms with Crippen LogP contribution in [0.5, 0.6) is 0 Å². The molecule has 0 spiro atoms. The van der Waals surface area contributed by atoms with Gasteiger partial charge >= 0.3 is 0 Å². The molecule has 1 aromatic carbocycles. The molecule has 1 aromatic rings. The summed E-state index contributed by atoms with van der Waals surface area (Å²) in [4.78, 5) is 0. The van der Waals surface area contributed by atoms with Gasteiger partial charge in [-0.2, -0.15) is 0 Å². The second-order valence-corrected chi connectivity index (χ2v) is 5.23. The highest BCUT2D eigenvalue weighted by Crippen LogP contribution is 2.36. The smallest absolute Gasteiger partial charge is 0.123 e. The summed E-state index contributed by atoms with van der Waals surface area (Å²) in [5, 5.41) is 3.32. The minimum atomic E-state index is -0.138. The lowest BCUT2D eigenvalue weighted by Gasteiger charge is -2.44. The molecule has 17 heavy (non-hydrogen) atoms. The molecule has 2 nitrogen and oxygen atoms in total. The molecular weight excluding hydrogens is 217 g/mol. The van der Waals surface area contributed by atoms with E-state index in [1.807, 2.05) is 6.07 Å². The van der Waals surface area contributed by atoms with Crippen LogP contribution >= 0.6 is 0 Å². The maximum absolute atomic E-state index is 13.3. The largest absolute Gasteiger partial charge is 0.378 e. The summed E-state index contributed by atoms with van der Waals surface area (Å²) in [6.45, 7) is 2.77. The predicted octanol–water partition coefficient (Wildman–Crippen LogP) is 2.24. The molecule has 2 aliphatic heterocycles. The maximum atomic E-state index is 13.3. The van der Waals surface area contributed by atoms with Gasteiger partial charge in [-0.15, -0.1) is 0 Å². The second-order valence-electron chi connectivity index (χ2n) is 5.23. The first-order valence-electron chi connectivity index (χ1n) is 6.37. The molecular formula is C14H18FNO. The molecule has 1 unspecified atom stereocenters. The third-order valence-corrected chi connectivity index (χ3v) is 4.01. The number of rotatable bonds is 3. The lowest BCUT2D eigenvalue weighted by Crippen LogP contribution is -2.58. The molecule has 2 heterocycles. The number of benzene rings is 1. The summed E-state index contributed by atoms with van der Waals surface area (Å²) in [5.41, 5.74) is 1.21. The first-order chi connectivity index (χ1) is 8.28. The highest BCUT2D eigenvalue weighted by molar-refractivity contribution is 5.30. The molecule has 3 heteroatoms. The van der Waals surface area contributed by atoms with Gasteiger partial charge in [0.05, 0.1) is 6.10 Å². The van der Waals surface area contributed by atoms with Gasteiger partial charge in [-0.05, 0) is 37.0 Å². The number of halogens is 1. The Kier molecular flexibility index (Phi) is 2.89. The van der Waals surface area contributed by atoms with Gasteiger partial charge in [-0.1, -0.05) is 12.1 Å². The van der Waals surface area contributed by atoms with Gasteiger partial charge < -0.3 is 10.1 Å². The first kappa shape index (κ1) is 11.2. The summed E-state index contributed by atoms with van der Waals surface area (Å²) in [7, 11) is 0. The maximum Gasteiger partial charge on any atom is 0.123 e. The van der Waals surface area contributed by atoms with E-state index in [9.17, 15) is 4.39 Å². The van der Waals surface area contributed by atoms with Crippen LogP contribution in [-0.4, -0.2) is 25.8 Å². The monoisotopic (exact) mass is 235 g/mol. The Balaban J connectivity index is 1.81. The van der Waals surface area contributed by atoms with E-state index in [0.717, 1.165) is 44.5 Å². The van der Waals surface area contributed by atoms with Crippen molar-refractivity contribution in [2.24, 2.45) is 0 Å². The zero-order valence-electron chi connectivity index (χ0n) is 9.92. The van der Waals surface area contributed by atoms with E-state index in [1.54, 1.807) is 12.1 Å². The third-order valence-electron chi connectivity index (χ3n) is 4.01. The van der Waals surface area contributed by atoms with E-state index in [4.69, 9.17) is 4.74 Å². The minimum absolute atomic E-state index is 0.0944. The molecule has 92 valence electrons. The van der Waals surface area contributed by atoms with Crippen molar-refractivity contribution < 1.29 is 9.13 Å². The van der Waals surface area contributed by atoms with Crippen LogP contribution in [0.3, 0.4) is 0 Å². The molecule has 0 bridgehead atoms. The highest BCUT2D eigenvalue weighted by atomic mass is 19.1. The molecule has 0 radical (unpaired) electrons. The van der Waals surface area contributed by atoms with Crippen LogP contribution in [-0.2, 0) is 10.2 Å². The molecule has 2 fully saturated rings. The van der Waals surface area contributed by atoms with Crippen LogP contribution in [0.15, 0.2) is 24.3 Å². The van der Waals surface area contributed by atoms with E-state index in [2.05, 4.69) is 5.32 Å². The van der Waals surface area contributed by atoms with Gasteiger partial charge in [-0.25, -0.2) is 4.39 Å². The van der Waals surface area contributed by atoms with Crippen molar-refractivity contribution in [2.75, 3.05) is 19.7 Å². The highest BCUT2D eigenvalue weighted by Gasteiger charge is 2.41. The van der Waals surface area contributed by atoms with Crippen molar-refractivity contribution >= 4 is 0 Å². The quantitative estimate of drug-likeness (QED) is 0.867. The van der Waals surface area contributed by atoms with Crippen LogP contribution in [0, 0.1) is 5.82 Å². The normalized spacial score (nSPS) is 26.8. The molecule has 2 aliphatic rings. The van der Waals surface area contributed by atoms with Gasteiger partial charge in [0.15, 0.2) is 0 Å². The number of hydrogen-bond acceptors (Lipinski definition) is 2. The summed E-state index contributed by atoms with van der Waals surface area (Å²) < 4.78 is 19.0. The number of nitrogens with one attached hydrogen (secondary N) is 1. The lowest BCUT2D eigenvalue weighted by molar-refractivity contribution is 0.0680. The topological polar surface area (TPSA) is 21.3 Å². The molecule has 2 saturated heterocycles. The van der Waals surface area contributed by atoms with Gasteiger partial charge in [0.2, 0.25) is 0 Å². The summed E-state index contributed by atoms with van der Waals surface area (Å²) >= 11 is 0. The molecule has 3 rings (SSSR count). The zero-order chi connectivity index (χ0) is 11.7. The standard InChI is InChI=1S/C14H18FNO/c15-12-4-1-3-11(7-12)14(9-16-10-14)8-13-5-2-6-17-13/h1,3-4,7,13,16H,2,5-6,8-10H2. The average molecular weight is 235 g/mol. The van der Waals surface area contributed by atoms with Crippen molar-refractivity contribution in [1.82, 2.24) is 5.32 Å². The van der Waals surface area contributed by atoms with Crippen molar-refractivity contribution in [3.8, 4) is 0 Å². The van der Waals surface area contributed by atoms with Crippen molar-refractivity contribution in [2.45, 2.75) is 30.8 Å². The minimum Gasteiger partial charge on any atom is -0.378 e. The fourth-order valence-corrected chi connectivity index (χ4v) is 2.95. The molecule has 0 amide bonds. The Hall–Kier alpha value is -0.930. The van der Waals surface area contributed by atoms with Gasteiger partial charge in [0, 0.05) is 25.1 Å². The van der Waals surface area contributed by atoms with Gasteiger partial charge in [-0.3, -0.25) is 0 Å². The number of ether oxygens (including phenoxy) is 1. The van der Waals surface area contributed by atoms with E-state index in [1.165, 1.54) is 6.07 Å². The SMILES string of the molecule is Fc1cccc(C2(CC3CCCO3)CNC2)c1. The summed E-state index contributed by atoms with van der Waals surface area (Å²) in [6, 6.07) is 7.03. The van der Waals surface area contributed by atoms with Gasteiger partial charge in [0.25, 0.3) is 0 Å². The molecule has 0 aromatic heterocycles. The fourth-order valence-electron chi connectivity index (χ4n) is 2.95. The van der Waals surface area contributed by atoms with Crippen molar-refractivity contribution in [1.29, 1.82) is 0 Å². The van der Waals surface area contributed by atoms with Crippen molar-refractivity contribution in [3.05, 3.63) is 35.6 Å². The Bertz CT molecular complexity index is 397. The van der Waals surface area contributed by atoms with E-state index in [-0.39, 0.29) is 11.2 Å². The molecule has 1 atom stereocenters. The lowest BCUT2D eigenvalue weighted by atomic mass is 9.71. The van der Waals surface area contributed by atoms with Crippen LogP contribution in [0.1, 0.15) is 24.8 Å².